The zero-order valence-electron chi connectivity index (χ0n) is 24.2. The first-order valence-corrected chi connectivity index (χ1v) is 14.0. The number of halogens is 3. The summed E-state index contributed by atoms with van der Waals surface area (Å²) in [6.45, 7) is 8.29. The van der Waals surface area contributed by atoms with Crippen molar-refractivity contribution in [1.29, 1.82) is 0 Å². The summed E-state index contributed by atoms with van der Waals surface area (Å²) in [5.41, 5.74) is -0.887. The topological polar surface area (TPSA) is 143 Å². The van der Waals surface area contributed by atoms with E-state index in [2.05, 4.69) is 20.7 Å². The summed E-state index contributed by atoms with van der Waals surface area (Å²) in [6, 6.07) is -2.45. The van der Waals surface area contributed by atoms with Crippen molar-refractivity contribution >= 4 is 29.6 Å². The van der Waals surface area contributed by atoms with Gasteiger partial charge in [-0.2, -0.15) is 0 Å². The molecule has 3 N–H and O–H groups in total. The quantitative estimate of drug-likeness (QED) is 0.335. The lowest BCUT2D eigenvalue weighted by Gasteiger charge is -2.31. The molecule has 2 saturated heterocycles. The van der Waals surface area contributed by atoms with E-state index in [1.165, 1.54) is 4.90 Å². The number of carbonyl (C=O) groups is 5. The number of alkyl halides is 3. The standard InChI is InChI=1S/C27H41F3N4O7/c1-15(2)10-20(41-24(39)33-25(3,4)5)23(38)34-14-26(7-8-26)12-18(34)22(37)32-17(11-16-6-9-31-21(16)36)19(35)13-40-27(28,29)30/h15-18,20H,6-14H2,1-5H3,(H,31,36)(H,32,37)(H,33,39)/t16-,17-,18-,20+/m0/s1. The molecular weight excluding hydrogens is 549 g/mol. The fourth-order valence-corrected chi connectivity index (χ4v) is 5.29. The van der Waals surface area contributed by atoms with Gasteiger partial charge in [0.05, 0.1) is 6.04 Å². The van der Waals surface area contributed by atoms with Gasteiger partial charge in [-0.3, -0.25) is 23.9 Å². The number of ether oxygens (including phenoxy) is 2. The average Bonchev–Trinajstić information content (AvgIpc) is 3.28. The third-order valence-corrected chi connectivity index (χ3v) is 7.50. The molecule has 41 heavy (non-hydrogen) atoms. The van der Waals surface area contributed by atoms with Gasteiger partial charge in [0.2, 0.25) is 11.8 Å². The second kappa shape index (κ2) is 12.5. The Bertz CT molecular complexity index is 1020. The number of alkyl carbamates (subject to hydrolysis) is 1. The maximum atomic E-state index is 13.7. The second-order valence-electron chi connectivity index (χ2n) is 12.9. The average molecular weight is 591 g/mol. The smallest absolute Gasteiger partial charge is 0.436 e. The van der Waals surface area contributed by atoms with Gasteiger partial charge in [0.25, 0.3) is 5.91 Å². The minimum Gasteiger partial charge on any atom is -0.436 e. The van der Waals surface area contributed by atoms with Gasteiger partial charge in [-0.1, -0.05) is 13.8 Å². The van der Waals surface area contributed by atoms with Crippen molar-refractivity contribution in [2.45, 2.75) is 103 Å². The van der Waals surface area contributed by atoms with Crippen molar-refractivity contribution in [3.63, 3.8) is 0 Å². The number of hydrogen-bond donors (Lipinski definition) is 3. The normalized spacial score (nSPS) is 23.2. The molecule has 0 aromatic heterocycles. The van der Waals surface area contributed by atoms with Crippen LogP contribution in [0.25, 0.3) is 0 Å². The molecule has 3 fully saturated rings. The van der Waals surface area contributed by atoms with Crippen LogP contribution in [0.3, 0.4) is 0 Å². The van der Waals surface area contributed by atoms with Crippen LogP contribution >= 0.6 is 0 Å². The monoisotopic (exact) mass is 590 g/mol. The van der Waals surface area contributed by atoms with Crippen LogP contribution in [0.5, 0.6) is 0 Å². The minimum absolute atomic E-state index is 0.0238. The molecule has 0 radical (unpaired) electrons. The van der Waals surface area contributed by atoms with Crippen molar-refractivity contribution in [2.75, 3.05) is 19.7 Å². The molecule has 11 nitrogen and oxygen atoms in total. The number of carbonyl (C=O) groups excluding carboxylic acids is 5. The summed E-state index contributed by atoms with van der Waals surface area (Å²) >= 11 is 0. The Kier molecular flexibility index (Phi) is 9.97. The predicted octanol–water partition coefficient (Wildman–Crippen LogP) is 2.42. The molecule has 3 rings (SSSR count). The molecule has 0 bridgehead atoms. The van der Waals surface area contributed by atoms with Crippen LogP contribution in [0.1, 0.15) is 73.1 Å². The van der Waals surface area contributed by atoms with Crippen LogP contribution in [0.2, 0.25) is 0 Å². The lowest BCUT2D eigenvalue weighted by atomic mass is 9.95. The highest BCUT2D eigenvalue weighted by atomic mass is 19.4. The van der Waals surface area contributed by atoms with Crippen molar-refractivity contribution < 1.29 is 46.6 Å². The van der Waals surface area contributed by atoms with Crippen molar-refractivity contribution in [3.05, 3.63) is 0 Å². The molecule has 3 aliphatic rings. The van der Waals surface area contributed by atoms with Crippen LogP contribution in [-0.2, 0) is 28.7 Å². The Balaban J connectivity index is 1.78. The summed E-state index contributed by atoms with van der Waals surface area (Å²) in [4.78, 5) is 66.0. The first kappa shape index (κ1) is 32.6. The number of amides is 4. The number of rotatable bonds is 11. The number of nitrogens with zero attached hydrogens (tertiary/aromatic N) is 1. The van der Waals surface area contributed by atoms with E-state index in [0.717, 1.165) is 12.8 Å². The Labute approximate surface area is 237 Å². The Morgan fingerprint density at radius 3 is 2.32 bits per heavy atom. The third kappa shape index (κ3) is 9.57. The second-order valence-corrected chi connectivity index (χ2v) is 12.9. The van der Waals surface area contributed by atoms with Crippen LogP contribution in [-0.4, -0.2) is 84.3 Å². The first-order valence-electron chi connectivity index (χ1n) is 14.0. The van der Waals surface area contributed by atoms with Crippen LogP contribution in [0, 0.1) is 17.3 Å². The van der Waals surface area contributed by atoms with E-state index in [-0.39, 0.29) is 36.6 Å². The number of Topliss-reactive ketones (excluding diaryl/α,β-unsaturated/α-hetero) is 1. The van der Waals surface area contributed by atoms with E-state index < -0.39 is 66.3 Å². The molecule has 4 atom stereocenters. The van der Waals surface area contributed by atoms with E-state index in [4.69, 9.17) is 4.74 Å². The highest BCUT2D eigenvalue weighted by molar-refractivity contribution is 5.95. The fraction of sp³-hybridized carbons (Fsp3) is 0.815. The van der Waals surface area contributed by atoms with Crippen LogP contribution < -0.4 is 16.0 Å². The first-order chi connectivity index (χ1) is 18.9. The largest absolute Gasteiger partial charge is 0.522 e. The van der Waals surface area contributed by atoms with Crippen molar-refractivity contribution in [1.82, 2.24) is 20.9 Å². The summed E-state index contributed by atoms with van der Waals surface area (Å²) in [5, 5.41) is 7.77. The maximum Gasteiger partial charge on any atom is 0.522 e. The minimum atomic E-state index is -5.05. The van der Waals surface area contributed by atoms with Crippen molar-refractivity contribution in [3.8, 4) is 0 Å². The molecule has 0 unspecified atom stereocenters. The molecule has 0 aromatic rings. The zero-order valence-corrected chi connectivity index (χ0v) is 24.2. The summed E-state index contributed by atoms with van der Waals surface area (Å²) in [7, 11) is 0. The zero-order chi connectivity index (χ0) is 30.8. The van der Waals surface area contributed by atoms with Gasteiger partial charge in [0.1, 0.15) is 12.6 Å². The Morgan fingerprint density at radius 1 is 1.15 bits per heavy atom. The molecule has 1 spiro atoms. The summed E-state index contributed by atoms with van der Waals surface area (Å²) < 4.78 is 47.1. The Morgan fingerprint density at radius 2 is 1.80 bits per heavy atom. The van der Waals surface area contributed by atoms with E-state index in [1.807, 2.05) is 13.8 Å². The fourth-order valence-electron chi connectivity index (χ4n) is 5.29. The lowest BCUT2D eigenvalue weighted by Crippen LogP contribution is -2.54. The van der Waals surface area contributed by atoms with Gasteiger partial charge in [0, 0.05) is 24.5 Å². The van der Waals surface area contributed by atoms with E-state index in [1.54, 1.807) is 20.8 Å². The Hall–Kier alpha value is -2.90. The molecule has 2 heterocycles. The van der Waals surface area contributed by atoms with Crippen LogP contribution in [0.15, 0.2) is 0 Å². The van der Waals surface area contributed by atoms with Gasteiger partial charge in [-0.25, -0.2) is 4.79 Å². The molecular formula is C27H41F3N4O7. The van der Waals surface area contributed by atoms with E-state index in [9.17, 15) is 37.1 Å². The number of likely N-dealkylation sites (tertiary alicyclic amines) is 1. The number of hydrogen-bond acceptors (Lipinski definition) is 7. The van der Waals surface area contributed by atoms with Gasteiger partial charge >= 0.3 is 12.5 Å². The molecule has 1 aliphatic carbocycles. The van der Waals surface area contributed by atoms with Crippen LogP contribution in [0.4, 0.5) is 18.0 Å². The SMILES string of the molecule is CC(C)C[C@@H](OC(=O)NC(C)(C)C)C(=O)N1CC2(CC2)C[C@H]1C(=O)N[C@@H](C[C@@H]1CCNC1=O)C(=O)COC(F)(F)F. The molecule has 4 amide bonds. The highest BCUT2D eigenvalue weighted by Crippen LogP contribution is 2.55. The van der Waals surface area contributed by atoms with Gasteiger partial charge < -0.3 is 25.6 Å². The molecule has 232 valence electrons. The third-order valence-electron chi connectivity index (χ3n) is 7.50. The maximum absolute atomic E-state index is 13.7. The van der Waals surface area contributed by atoms with Gasteiger partial charge in [0.15, 0.2) is 11.9 Å². The summed E-state index contributed by atoms with van der Waals surface area (Å²) in [5.74, 6) is -3.35. The predicted molar refractivity (Wildman–Crippen MR) is 139 cm³/mol. The molecule has 2 aliphatic heterocycles. The van der Waals surface area contributed by atoms with Crippen molar-refractivity contribution in [2.24, 2.45) is 17.3 Å². The summed E-state index contributed by atoms with van der Waals surface area (Å²) in [6.07, 6.45) is -4.75. The molecule has 0 aromatic carbocycles. The van der Waals surface area contributed by atoms with E-state index >= 15 is 0 Å². The molecule has 14 heteroatoms. The number of nitrogens with one attached hydrogen (secondary N) is 3. The lowest BCUT2D eigenvalue weighted by molar-refractivity contribution is -0.321. The van der Waals surface area contributed by atoms with Gasteiger partial charge in [-0.15, -0.1) is 13.2 Å². The van der Waals surface area contributed by atoms with E-state index in [0.29, 0.717) is 19.4 Å². The molecule has 1 saturated carbocycles. The highest BCUT2D eigenvalue weighted by Gasteiger charge is 2.56. The number of ketones is 1. The van der Waals surface area contributed by atoms with Gasteiger partial charge in [-0.05, 0) is 70.6 Å².